The zero-order valence-corrected chi connectivity index (χ0v) is 17.4. The number of halogens is 2. The summed E-state index contributed by atoms with van der Waals surface area (Å²) in [6.45, 7) is 7.32. The van der Waals surface area contributed by atoms with Crippen LogP contribution in [0.3, 0.4) is 0 Å². The fourth-order valence-corrected chi connectivity index (χ4v) is 4.15. The van der Waals surface area contributed by atoms with E-state index in [9.17, 15) is 18.4 Å². The molecule has 3 rings (SSSR count). The molecule has 0 saturated carbocycles. The van der Waals surface area contributed by atoms with Gasteiger partial charge in [0.1, 0.15) is 18.2 Å². The number of amides is 1. The molecule has 1 heterocycles. The molecule has 7 heteroatoms. The Hall–Kier alpha value is -2.96. The van der Waals surface area contributed by atoms with E-state index in [-0.39, 0.29) is 13.2 Å². The van der Waals surface area contributed by atoms with Crippen molar-refractivity contribution in [2.45, 2.75) is 39.3 Å². The minimum Gasteiger partial charge on any atom is -0.465 e. The summed E-state index contributed by atoms with van der Waals surface area (Å²) in [5, 5.41) is 0. The lowest BCUT2D eigenvalue weighted by Crippen LogP contribution is -2.53. The van der Waals surface area contributed by atoms with E-state index in [4.69, 9.17) is 9.47 Å². The first kappa shape index (κ1) is 21.7. The largest absolute Gasteiger partial charge is 0.465 e. The second-order valence-corrected chi connectivity index (χ2v) is 8.32. The van der Waals surface area contributed by atoms with Gasteiger partial charge in [0.25, 0.3) is 0 Å². The Morgan fingerprint density at radius 2 is 1.50 bits per heavy atom. The molecule has 30 heavy (non-hydrogen) atoms. The first-order valence-corrected chi connectivity index (χ1v) is 9.77. The standard InChI is InChI=1S/C23H25F2NO4/c1-5-29-19(27)14-26-20(22(2,3)4)23(30-21(26)28,15-6-10-17(24)11-7-15)16-8-12-18(25)13-9-16/h6-13,20H,5,14H2,1-4H3. The highest BCUT2D eigenvalue weighted by Crippen LogP contribution is 2.50. The van der Waals surface area contributed by atoms with Crippen molar-refractivity contribution >= 4 is 12.1 Å². The van der Waals surface area contributed by atoms with Crippen molar-refractivity contribution in [3.63, 3.8) is 0 Å². The number of carbonyl (C=O) groups excluding carboxylic acids is 2. The summed E-state index contributed by atoms with van der Waals surface area (Å²) >= 11 is 0. The third-order valence-corrected chi connectivity index (χ3v) is 5.15. The lowest BCUT2D eigenvalue weighted by atomic mass is 9.69. The molecule has 1 aliphatic heterocycles. The molecule has 1 amide bonds. The van der Waals surface area contributed by atoms with E-state index in [0.717, 1.165) is 0 Å². The van der Waals surface area contributed by atoms with Crippen LogP contribution in [0.25, 0.3) is 0 Å². The average Bonchev–Trinajstić information content (AvgIpc) is 2.96. The monoisotopic (exact) mass is 417 g/mol. The predicted molar refractivity (Wildman–Crippen MR) is 107 cm³/mol. The summed E-state index contributed by atoms with van der Waals surface area (Å²) in [5.41, 5.74) is -0.893. The van der Waals surface area contributed by atoms with Crippen molar-refractivity contribution in [1.29, 1.82) is 0 Å². The minimum atomic E-state index is -1.37. The molecule has 1 fully saturated rings. The summed E-state index contributed by atoms with van der Waals surface area (Å²) in [4.78, 5) is 26.6. The van der Waals surface area contributed by atoms with Crippen LogP contribution in [-0.2, 0) is 19.9 Å². The van der Waals surface area contributed by atoms with Gasteiger partial charge in [0, 0.05) is 11.1 Å². The van der Waals surface area contributed by atoms with Crippen LogP contribution in [0.5, 0.6) is 0 Å². The van der Waals surface area contributed by atoms with Gasteiger partial charge in [0.2, 0.25) is 0 Å². The highest BCUT2D eigenvalue weighted by Gasteiger charge is 2.60. The smallest absolute Gasteiger partial charge is 0.412 e. The summed E-state index contributed by atoms with van der Waals surface area (Å²) in [6.07, 6.45) is -0.698. The molecule has 0 aromatic heterocycles. The number of nitrogens with zero attached hydrogens (tertiary/aromatic N) is 1. The SMILES string of the molecule is CCOC(=O)CN1C(=O)OC(c2ccc(F)cc2)(c2ccc(F)cc2)C1C(C)(C)C. The molecule has 160 valence electrons. The molecule has 5 nitrogen and oxygen atoms in total. The summed E-state index contributed by atoms with van der Waals surface area (Å²) in [6, 6.07) is 10.6. The minimum absolute atomic E-state index is 0.184. The van der Waals surface area contributed by atoms with E-state index in [0.29, 0.717) is 11.1 Å². The zero-order chi connectivity index (χ0) is 22.1. The molecule has 1 unspecified atom stereocenters. The van der Waals surface area contributed by atoms with E-state index in [1.54, 1.807) is 31.2 Å². The van der Waals surface area contributed by atoms with Crippen molar-refractivity contribution < 1.29 is 27.8 Å². The van der Waals surface area contributed by atoms with Gasteiger partial charge in [0.05, 0.1) is 12.6 Å². The van der Waals surface area contributed by atoms with Crippen LogP contribution in [0, 0.1) is 17.0 Å². The number of esters is 1. The predicted octanol–water partition coefficient (Wildman–Crippen LogP) is 4.64. The first-order chi connectivity index (χ1) is 14.1. The molecule has 1 atom stereocenters. The number of cyclic esters (lactones) is 1. The van der Waals surface area contributed by atoms with E-state index >= 15 is 0 Å². The van der Waals surface area contributed by atoms with Gasteiger partial charge in [-0.1, -0.05) is 45.0 Å². The maximum atomic E-state index is 13.7. The zero-order valence-electron chi connectivity index (χ0n) is 17.4. The van der Waals surface area contributed by atoms with Gasteiger partial charge in [-0.3, -0.25) is 9.69 Å². The van der Waals surface area contributed by atoms with Crippen molar-refractivity contribution in [1.82, 2.24) is 4.90 Å². The van der Waals surface area contributed by atoms with Crippen molar-refractivity contribution in [2.24, 2.45) is 5.41 Å². The number of ether oxygens (including phenoxy) is 2. The van der Waals surface area contributed by atoms with E-state index in [1.165, 1.54) is 29.2 Å². The van der Waals surface area contributed by atoms with Gasteiger partial charge in [-0.15, -0.1) is 0 Å². The third kappa shape index (κ3) is 3.88. The molecule has 1 saturated heterocycles. The van der Waals surface area contributed by atoms with E-state index < -0.39 is 40.8 Å². The Labute approximate surface area is 174 Å². The molecule has 0 radical (unpaired) electrons. The number of hydrogen-bond donors (Lipinski definition) is 0. The summed E-state index contributed by atoms with van der Waals surface area (Å²) in [7, 11) is 0. The Balaban J connectivity index is 2.23. The number of rotatable bonds is 5. The second-order valence-electron chi connectivity index (χ2n) is 8.32. The molecule has 1 aliphatic rings. The Bertz CT molecular complexity index is 874. The van der Waals surface area contributed by atoms with Crippen LogP contribution in [-0.4, -0.2) is 36.2 Å². The topological polar surface area (TPSA) is 55.8 Å². The van der Waals surface area contributed by atoms with E-state index in [1.807, 2.05) is 20.8 Å². The lowest BCUT2D eigenvalue weighted by Gasteiger charge is -2.42. The molecule has 0 aliphatic carbocycles. The number of benzene rings is 2. The van der Waals surface area contributed by atoms with Crippen molar-refractivity contribution in [3.8, 4) is 0 Å². The number of hydrogen-bond acceptors (Lipinski definition) is 4. The lowest BCUT2D eigenvalue weighted by molar-refractivity contribution is -0.144. The van der Waals surface area contributed by atoms with Gasteiger partial charge in [-0.2, -0.15) is 0 Å². The van der Waals surface area contributed by atoms with Crippen LogP contribution in [0.15, 0.2) is 48.5 Å². The van der Waals surface area contributed by atoms with Gasteiger partial charge >= 0.3 is 12.1 Å². The quantitative estimate of drug-likeness (QED) is 0.665. The fourth-order valence-electron chi connectivity index (χ4n) is 4.15. The highest BCUT2D eigenvalue weighted by atomic mass is 19.1. The van der Waals surface area contributed by atoms with Gasteiger partial charge < -0.3 is 9.47 Å². The maximum Gasteiger partial charge on any atom is 0.412 e. The van der Waals surface area contributed by atoms with Crippen molar-refractivity contribution in [3.05, 3.63) is 71.3 Å². The van der Waals surface area contributed by atoms with Crippen LogP contribution in [0.2, 0.25) is 0 Å². The maximum absolute atomic E-state index is 13.7. The molecule has 0 bridgehead atoms. The second kappa shape index (κ2) is 8.05. The van der Waals surface area contributed by atoms with Crippen LogP contribution in [0.1, 0.15) is 38.8 Å². The molecule has 2 aromatic rings. The third-order valence-electron chi connectivity index (χ3n) is 5.15. The summed E-state index contributed by atoms with van der Waals surface area (Å²) < 4.78 is 38.3. The van der Waals surface area contributed by atoms with Gasteiger partial charge in [-0.05, 0) is 36.6 Å². The fraction of sp³-hybridized carbons (Fsp3) is 0.391. The Morgan fingerprint density at radius 3 is 1.90 bits per heavy atom. The van der Waals surface area contributed by atoms with Crippen LogP contribution < -0.4 is 0 Å². The van der Waals surface area contributed by atoms with Crippen LogP contribution >= 0.6 is 0 Å². The molecular weight excluding hydrogens is 392 g/mol. The molecule has 0 spiro atoms. The Morgan fingerprint density at radius 1 is 1.03 bits per heavy atom. The van der Waals surface area contributed by atoms with E-state index in [2.05, 4.69) is 0 Å². The molecule has 0 N–H and O–H groups in total. The van der Waals surface area contributed by atoms with Gasteiger partial charge in [0.15, 0.2) is 5.60 Å². The van der Waals surface area contributed by atoms with Crippen LogP contribution in [0.4, 0.5) is 13.6 Å². The van der Waals surface area contributed by atoms with Crippen molar-refractivity contribution in [2.75, 3.05) is 13.2 Å². The first-order valence-electron chi connectivity index (χ1n) is 9.77. The Kier molecular flexibility index (Phi) is 5.83. The number of carbonyl (C=O) groups is 2. The summed E-state index contributed by atoms with van der Waals surface area (Å²) in [5.74, 6) is -1.43. The average molecular weight is 417 g/mol. The molecule has 2 aromatic carbocycles. The van der Waals surface area contributed by atoms with Gasteiger partial charge in [-0.25, -0.2) is 13.6 Å². The molecular formula is C23H25F2NO4. The normalized spacial score (nSPS) is 18.3. The highest BCUT2D eigenvalue weighted by molar-refractivity contribution is 5.81.